The maximum absolute atomic E-state index is 12.4. The van der Waals surface area contributed by atoms with Crippen LogP contribution in [0.15, 0.2) is 48.5 Å². The molecular formula is C22H28N3O2+. The summed E-state index contributed by atoms with van der Waals surface area (Å²) in [5.74, 6) is 0.135. The molecule has 5 heteroatoms. The van der Waals surface area contributed by atoms with Gasteiger partial charge in [0.15, 0.2) is 0 Å². The Morgan fingerprint density at radius 3 is 2.22 bits per heavy atom. The zero-order chi connectivity index (χ0) is 19.2. The van der Waals surface area contributed by atoms with Crippen LogP contribution >= 0.6 is 0 Å². The standard InChI is InChI=1S/C22H27N3O2/c1-24(2)15-18-7-5-17(6-8-18)14-23-22(27)20-11-9-19(10-12-20)16-25-13-3-4-21(25)26/h5-12H,3-4,13-16H2,1-2H3,(H,23,27)/p+1. The lowest BCUT2D eigenvalue weighted by Gasteiger charge is -2.15. The van der Waals surface area contributed by atoms with Gasteiger partial charge in [0.1, 0.15) is 6.54 Å². The van der Waals surface area contributed by atoms with Crippen LogP contribution in [0.4, 0.5) is 0 Å². The molecule has 2 aromatic carbocycles. The van der Waals surface area contributed by atoms with Crippen molar-refractivity contribution in [3.63, 3.8) is 0 Å². The van der Waals surface area contributed by atoms with Crippen molar-refractivity contribution < 1.29 is 14.5 Å². The average molecular weight is 366 g/mol. The van der Waals surface area contributed by atoms with Gasteiger partial charge in [-0.2, -0.15) is 0 Å². The summed E-state index contributed by atoms with van der Waals surface area (Å²) in [6, 6.07) is 15.9. The second-order valence-corrected chi connectivity index (χ2v) is 7.50. The molecule has 1 fully saturated rings. The topological polar surface area (TPSA) is 53.9 Å². The number of hydrogen-bond donors (Lipinski definition) is 2. The van der Waals surface area contributed by atoms with E-state index in [0.717, 1.165) is 30.6 Å². The summed E-state index contributed by atoms with van der Waals surface area (Å²) in [4.78, 5) is 27.3. The fourth-order valence-electron chi connectivity index (χ4n) is 3.32. The van der Waals surface area contributed by atoms with Crippen molar-refractivity contribution >= 4 is 11.8 Å². The highest BCUT2D eigenvalue weighted by Crippen LogP contribution is 2.15. The van der Waals surface area contributed by atoms with E-state index in [0.29, 0.717) is 25.1 Å². The number of hydrogen-bond acceptors (Lipinski definition) is 2. The third-order valence-electron chi connectivity index (χ3n) is 4.79. The summed E-state index contributed by atoms with van der Waals surface area (Å²) < 4.78 is 0. The lowest BCUT2D eigenvalue weighted by Crippen LogP contribution is -3.04. The lowest BCUT2D eigenvalue weighted by atomic mass is 10.1. The molecule has 0 aliphatic carbocycles. The summed E-state index contributed by atoms with van der Waals surface area (Å²) in [6.07, 6.45) is 1.59. The normalized spacial score (nSPS) is 14.0. The number of carbonyl (C=O) groups is 2. The summed E-state index contributed by atoms with van der Waals surface area (Å²) in [5, 5.41) is 2.97. The van der Waals surface area contributed by atoms with Gasteiger partial charge in [-0.05, 0) is 29.7 Å². The molecule has 0 radical (unpaired) electrons. The number of nitrogens with zero attached hydrogens (tertiary/aromatic N) is 1. The molecule has 2 N–H and O–H groups in total. The van der Waals surface area contributed by atoms with E-state index in [1.807, 2.05) is 29.2 Å². The molecule has 1 aliphatic heterocycles. The van der Waals surface area contributed by atoms with Gasteiger partial charge in [0, 0.05) is 37.2 Å². The Hall–Kier alpha value is -2.66. The van der Waals surface area contributed by atoms with Gasteiger partial charge >= 0.3 is 0 Å². The Kier molecular flexibility index (Phi) is 6.24. The van der Waals surface area contributed by atoms with Gasteiger partial charge in [-0.15, -0.1) is 0 Å². The summed E-state index contributed by atoms with van der Waals surface area (Å²) in [5.41, 5.74) is 4.07. The molecule has 0 atom stereocenters. The van der Waals surface area contributed by atoms with E-state index in [1.165, 1.54) is 10.5 Å². The molecule has 0 unspecified atom stereocenters. The van der Waals surface area contributed by atoms with Crippen LogP contribution in [0, 0.1) is 0 Å². The van der Waals surface area contributed by atoms with E-state index < -0.39 is 0 Å². The van der Waals surface area contributed by atoms with Crippen LogP contribution in [0.1, 0.15) is 39.9 Å². The maximum Gasteiger partial charge on any atom is 0.251 e. The first-order valence-corrected chi connectivity index (χ1v) is 9.53. The zero-order valence-electron chi connectivity index (χ0n) is 16.1. The van der Waals surface area contributed by atoms with E-state index in [9.17, 15) is 9.59 Å². The maximum atomic E-state index is 12.4. The van der Waals surface area contributed by atoms with Crippen LogP contribution in [0.25, 0.3) is 0 Å². The zero-order valence-corrected chi connectivity index (χ0v) is 16.1. The molecule has 1 saturated heterocycles. The van der Waals surface area contributed by atoms with Crippen molar-refractivity contribution in [3.8, 4) is 0 Å². The number of carbonyl (C=O) groups excluding carboxylic acids is 2. The Morgan fingerprint density at radius 2 is 1.63 bits per heavy atom. The number of likely N-dealkylation sites (tertiary alicyclic amines) is 1. The minimum Gasteiger partial charge on any atom is -0.348 e. The largest absolute Gasteiger partial charge is 0.348 e. The van der Waals surface area contributed by atoms with Crippen molar-refractivity contribution in [2.45, 2.75) is 32.5 Å². The van der Waals surface area contributed by atoms with Crippen LogP contribution in [-0.2, 0) is 24.4 Å². The van der Waals surface area contributed by atoms with Gasteiger partial charge in [0.2, 0.25) is 5.91 Å². The summed E-state index contributed by atoms with van der Waals surface area (Å²) in [6.45, 7) is 2.96. The van der Waals surface area contributed by atoms with Gasteiger partial charge in [-0.25, -0.2) is 0 Å². The molecule has 27 heavy (non-hydrogen) atoms. The Balaban J connectivity index is 1.51. The van der Waals surface area contributed by atoms with Gasteiger partial charge in [-0.1, -0.05) is 36.4 Å². The Morgan fingerprint density at radius 1 is 1.00 bits per heavy atom. The fraction of sp³-hybridized carbons (Fsp3) is 0.364. The van der Waals surface area contributed by atoms with Gasteiger partial charge in [0.25, 0.3) is 5.91 Å². The number of rotatable bonds is 7. The Bertz CT molecular complexity index is 782. The smallest absolute Gasteiger partial charge is 0.251 e. The van der Waals surface area contributed by atoms with Gasteiger partial charge in [0.05, 0.1) is 14.1 Å². The first-order chi connectivity index (χ1) is 13.0. The highest BCUT2D eigenvalue weighted by Gasteiger charge is 2.19. The minimum atomic E-state index is -0.0828. The van der Waals surface area contributed by atoms with Crippen LogP contribution in [0.3, 0.4) is 0 Å². The summed E-state index contributed by atoms with van der Waals surface area (Å²) in [7, 11) is 4.25. The highest BCUT2D eigenvalue weighted by atomic mass is 16.2. The van der Waals surface area contributed by atoms with Crippen molar-refractivity contribution in [1.29, 1.82) is 0 Å². The monoisotopic (exact) mass is 366 g/mol. The van der Waals surface area contributed by atoms with Crippen molar-refractivity contribution in [1.82, 2.24) is 10.2 Å². The van der Waals surface area contributed by atoms with Crippen molar-refractivity contribution in [2.24, 2.45) is 0 Å². The first-order valence-electron chi connectivity index (χ1n) is 9.53. The lowest BCUT2D eigenvalue weighted by molar-refractivity contribution is -0.872. The van der Waals surface area contributed by atoms with Crippen molar-refractivity contribution in [2.75, 3.05) is 20.6 Å². The predicted octanol–water partition coefficient (Wildman–Crippen LogP) is 1.38. The number of nitrogens with one attached hydrogen (secondary N) is 2. The highest BCUT2D eigenvalue weighted by molar-refractivity contribution is 5.94. The first kappa shape index (κ1) is 19.1. The quantitative estimate of drug-likeness (QED) is 0.778. The SMILES string of the molecule is C[NH+](C)Cc1ccc(CNC(=O)c2ccc(CN3CCCC3=O)cc2)cc1. The van der Waals surface area contributed by atoms with Crippen molar-refractivity contribution in [3.05, 3.63) is 70.8 Å². The average Bonchev–Trinajstić information content (AvgIpc) is 3.06. The Labute approximate surface area is 161 Å². The number of benzene rings is 2. The van der Waals surface area contributed by atoms with E-state index in [-0.39, 0.29) is 11.8 Å². The van der Waals surface area contributed by atoms with E-state index in [2.05, 4.69) is 43.7 Å². The molecule has 1 heterocycles. The van der Waals surface area contributed by atoms with E-state index >= 15 is 0 Å². The van der Waals surface area contributed by atoms with E-state index in [4.69, 9.17) is 0 Å². The van der Waals surface area contributed by atoms with Crippen LogP contribution in [0.2, 0.25) is 0 Å². The second kappa shape index (κ2) is 8.82. The number of quaternary nitrogens is 1. The second-order valence-electron chi connectivity index (χ2n) is 7.50. The number of amides is 2. The third kappa shape index (κ3) is 5.41. The predicted molar refractivity (Wildman–Crippen MR) is 105 cm³/mol. The molecule has 5 nitrogen and oxygen atoms in total. The van der Waals surface area contributed by atoms with Crippen LogP contribution in [-0.4, -0.2) is 37.4 Å². The minimum absolute atomic E-state index is 0.0828. The molecule has 0 aromatic heterocycles. The molecule has 0 saturated carbocycles. The molecular weight excluding hydrogens is 338 g/mol. The van der Waals surface area contributed by atoms with E-state index in [1.54, 1.807) is 0 Å². The molecule has 1 aliphatic rings. The molecule has 2 aromatic rings. The molecule has 3 rings (SSSR count). The molecule has 0 bridgehead atoms. The van der Waals surface area contributed by atoms with Gasteiger partial charge < -0.3 is 15.1 Å². The van der Waals surface area contributed by atoms with Gasteiger partial charge in [-0.3, -0.25) is 9.59 Å². The van der Waals surface area contributed by atoms with Crippen LogP contribution < -0.4 is 10.2 Å². The molecule has 142 valence electrons. The fourth-order valence-corrected chi connectivity index (χ4v) is 3.32. The summed E-state index contributed by atoms with van der Waals surface area (Å²) >= 11 is 0. The third-order valence-corrected chi connectivity index (χ3v) is 4.79. The molecule has 0 spiro atoms. The van der Waals surface area contributed by atoms with Crippen LogP contribution in [0.5, 0.6) is 0 Å². The molecule has 2 amide bonds.